The van der Waals surface area contributed by atoms with Gasteiger partial charge in [0.25, 0.3) is 11.5 Å². The van der Waals surface area contributed by atoms with Crippen LogP contribution in [-0.2, 0) is 4.74 Å². The maximum absolute atomic E-state index is 12.5. The largest absolute Gasteiger partial charge is 0.387 e. The van der Waals surface area contributed by atoms with Crippen molar-refractivity contribution in [2.45, 2.75) is 12.0 Å². The van der Waals surface area contributed by atoms with Crippen molar-refractivity contribution >= 4 is 17.5 Å². The lowest BCUT2D eigenvalue weighted by atomic mass is 10.0. The van der Waals surface area contributed by atoms with Crippen molar-refractivity contribution in [2.75, 3.05) is 45.9 Å². The molecule has 8 heteroatoms. The number of aliphatic hydroxyl groups is 1. The van der Waals surface area contributed by atoms with E-state index in [-0.39, 0.29) is 17.5 Å². The molecule has 2 N–H and O–H groups in total. The van der Waals surface area contributed by atoms with Crippen LogP contribution in [0.1, 0.15) is 16.8 Å². The highest BCUT2D eigenvalue weighted by molar-refractivity contribution is 6.30. The zero-order chi connectivity index (χ0) is 16.4. The highest BCUT2D eigenvalue weighted by Crippen LogP contribution is 2.24. The van der Waals surface area contributed by atoms with Crippen molar-refractivity contribution in [1.29, 1.82) is 0 Å². The summed E-state index contributed by atoms with van der Waals surface area (Å²) in [6.45, 7) is 4.24. The first-order valence-electron chi connectivity index (χ1n) is 7.67. The number of halogens is 1. The smallest absolute Gasteiger partial charge is 0.266 e. The molecule has 0 unspecified atom stereocenters. The minimum atomic E-state index is -0.904. The predicted octanol–water partition coefficient (Wildman–Crippen LogP) is -0.0625. The van der Waals surface area contributed by atoms with Gasteiger partial charge in [0.05, 0.1) is 30.9 Å². The van der Waals surface area contributed by atoms with Crippen LogP contribution in [0.5, 0.6) is 0 Å². The molecule has 0 spiro atoms. The van der Waals surface area contributed by atoms with E-state index in [1.54, 1.807) is 4.90 Å². The van der Waals surface area contributed by atoms with Gasteiger partial charge in [-0.3, -0.25) is 14.5 Å². The number of morpholine rings is 1. The van der Waals surface area contributed by atoms with Crippen molar-refractivity contribution < 1.29 is 14.6 Å². The van der Waals surface area contributed by atoms with Crippen LogP contribution in [0.25, 0.3) is 0 Å². The molecule has 2 aliphatic rings. The fourth-order valence-electron chi connectivity index (χ4n) is 3.10. The summed E-state index contributed by atoms with van der Waals surface area (Å²) in [4.78, 5) is 30.0. The average molecular weight is 342 g/mol. The highest BCUT2D eigenvalue weighted by Gasteiger charge is 2.40. The molecule has 0 bridgehead atoms. The van der Waals surface area contributed by atoms with E-state index in [1.165, 1.54) is 12.3 Å². The second-order valence-electron chi connectivity index (χ2n) is 6.15. The summed E-state index contributed by atoms with van der Waals surface area (Å²) in [7, 11) is 0. The van der Waals surface area contributed by atoms with Crippen LogP contribution in [0.2, 0.25) is 5.02 Å². The second-order valence-corrected chi connectivity index (χ2v) is 6.56. The van der Waals surface area contributed by atoms with Crippen LogP contribution < -0.4 is 5.56 Å². The topological polar surface area (TPSA) is 85.9 Å². The zero-order valence-corrected chi connectivity index (χ0v) is 13.5. The Morgan fingerprint density at radius 3 is 2.83 bits per heavy atom. The Morgan fingerprint density at radius 2 is 2.13 bits per heavy atom. The number of carbonyl (C=O) groups excluding carboxylic acids is 1. The van der Waals surface area contributed by atoms with E-state index in [2.05, 4.69) is 9.88 Å². The molecule has 0 aliphatic carbocycles. The number of aromatic nitrogens is 1. The van der Waals surface area contributed by atoms with Crippen LogP contribution in [-0.4, -0.2) is 77.3 Å². The van der Waals surface area contributed by atoms with E-state index in [0.29, 0.717) is 38.3 Å². The molecule has 1 amide bonds. The number of nitrogens with one attached hydrogen (secondary N) is 1. The number of hydrogen-bond donors (Lipinski definition) is 2. The maximum Gasteiger partial charge on any atom is 0.266 e. The van der Waals surface area contributed by atoms with Crippen LogP contribution in [0.15, 0.2) is 17.1 Å². The number of ether oxygens (including phenoxy) is 1. The number of pyridine rings is 1. The minimum absolute atomic E-state index is 0.0152. The third kappa shape index (κ3) is 3.74. The summed E-state index contributed by atoms with van der Waals surface area (Å²) in [5, 5.41) is 10.7. The molecule has 3 rings (SSSR count). The van der Waals surface area contributed by atoms with Gasteiger partial charge in [-0.2, -0.15) is 0 Å². The van der Waals surface area contributed by atoms with Crippen LogP contribution >= 0.6 is 11.6 Å². The minimum Gasteiger partial charge on any atom is -0.387 e. The van der Waals surface area contributed by atoms with E-state index in [4.69, 9.17) is 16.3 Å². The highest BCUT2D eigenvalue weighted by atomic mass is 35.5. The van der Waals surface area contributed by atoms with Crippen LogP contribution in [0.4, 0.5) is 0 Å². The molecular weight excluding hydrogens is 322 g/mol. The normalized spacial score (nSPS) is 25.7. The van der Waals surface area contributed by atoms with E-state index < -0.39 is 11.2 Å². The van der Waals surface area contributed by atoms with Gasteiger partial charge >= 0.3 is 0 Å². The standard InChI is InChI=1S/C15H20ClN3O4/c16-12-7-11(8-17-13(12)20)14(21)19-2-1-15(22,10-19)9-18-3-5-23-6-4-18/h7-8,22H,1-6,9-10H2,(H,17,20)/t15-/m0/s1. The van der Waals surface area contributed by atoms with Crippen molar-refractivity contribution in [2.24, 2.45) is 0 Å². The van der Waals surface area contributed by atoms with Gasteiger partial charge in [0.1, 0.15) is 5.02 Å². The number of nitrogens with zero attached hydrogens (tertiary/aromatic N) is 2. The first-order valence-corrected chi connectivity index (χ1v) is 8.05. The number of H-pyrrole nitrogens is 1. The first kappa shape index (κ1) is 16.4. The Morgan fingerprint density at radius 1 is 1.39 bits per heavy atom. The summed E-state index contributed by atoms with van der Waals surface area (Å²) in [5.74, 6) is -0.235. The van der Waals surface area contributed by atoms with Gasteiger partial charge < -0.3 is 19.7 Å². The Bertz CT molecular complexity index is 644. The Kier molecular flexibility index (Phi) is 4.72. The lowest BCUT2D eigenvalue weighted by Crippen LogP contribution is -2.49. The second kappa shape index (κ2) is 6.60. The number of amides is 1. The Labute approximate surface area is 138 Å². The van der Waals surface area contributed by atoms with Crippen molar-refractivity contribution in [1.82, 2.24) is 14.8 Å². The summed E-state index contributed by atoms with van der Waals surface area (Å²) in [6, 6.07) is 1.36. The Balaban J connectivity index is 1.64. The van der Waals surface area contributed by atoms with Gasteiger partial charge in [-0.1, -0.05) is 11.6 Å². The summed E-state index contributed by atoms with van der Waals surface area (Å²) < 4.78 is 5.31. The van der Waals surface area contributed by atoms with Gasteiger partial charge in [0, 0.05) is 32.4 Å². The predicted molar refractivity (Wildman–Crippen MR) is 84.8 cm³/mol. The fraction of sp³-hybridized carbons (Fsp3) is 0.600. The van der Waals surface area contributed by atoms with E-state index in [1.807, 2.05) is 0 Å². The Hall–Kier alpha value is -1.41. The fourth-order valence-corrected chi connectivity index (χ4v) is 3.27. The van der Waals surface area contributed by atoms with Gasteiger partial charge in [0.2, 0.25) is 0 Å². The van der Waals surface area contributed by atoms with Crippen molar-refractivity contribution in [3.05, 3.63) is 33.2 Å². The van der Waals surface area contributed by atoms with E-state index in [0.717, 1.165) is 13.1 Å². The summed E-state index contributed by atoms with van der Waals surface area (Å²) in [5.41, 5.74) is -1.00. The third-order valence-electron chi connectivity index (χ3n) is 4.35. The maximum atomic E-state index is 12.5. The molecule has 7 nitrogen and oxygen atoms in total. The van der Waals surface area contributed by atoms with Gasteiger partial charge in [0.15, 0.2) is 0 Å². The molecule has 0 saturated carbocycles. The van der Waals surface area contributed by atoms with Crippen molar-refractivity contribution in [3.8, 4) is 0 Å². The number of aromatic amines is 1. The third-order valence-corrected chi connectivity index (χ3v) is 4.63. The van der Waals surface area contributed by atoms with Gasteiger partial charge in [-0.05, 0) is 12.5 Å². The van der Waals surface area contributed by atoms with Gasteiger partial charge in [-0.15, -0.1) is 0 Å². The molecule has 126 valence electrons. The average Bonchev–Trinajstić information content (AvgIpc) is 2.92. The molecule has 1 atom stereocenters. The van der Waals surface area contributed by atoms with Crippen LogP contribution in [0, 0.1) is 0 Å². The number of hydrogen-bond acceptors (Lipinski definition) is 5. The number of likely N-dealkylation sites (tertiary alicyclic amines) is 1. The first-order chi connectivity index (χ1) is 11.0. The number of rotatable bonds is 3. The molecule has 1 aromatic rings. The van der Waals surface area contributed by atoms with Crippen molar-refractivity contribution in [3.63, 3.8) is 0 Å². The molecular formula is C15H20ClN3O4. The molecule has 1 aromatic heterocycles. The molecule has 2 fully saturated rings. The number of carbonyl (C=O) groups is 1. The van der Waals surface area contributed by atoms with Gasteiger partial charge in [-0.25, -0.2) is 0 Å². The molecule has 2 aliphatic heterocycles. The quantitative estimate of drug-likeness (QED) is 0.804. The molecule has 3 heterocycles. The van der Waals surface area contributed by atoms with E-state index in [9.17, 15) is 14.7 Å². The molecule has 2 saturated heterocycles. The zero-order valence-electron chi connectivity index (χ0n) is 12.8. The van der Waals surface area contributed by atoms with Crippen LogP contribution in [0.3, 0.4) is 0 Å². The molecule has 0 aromatic carbocycles. The lowest BCUT2D eigenvalue weighted by Gasteiger charge is -2.33. The van der Waals surface area contributed by atoms with E-state index >= 15 is 0 Å². The summed E-state index contributed by atoms with van der Waals surface area (Å²) >= 11 is 5.77. The molecule has 23 heavy (non-hydrogen) atoms. The summed E-state index contributed by atoms with van der Waals surface area (Å²) in [6.07, 6.45) is 1.89. The lowest BCUT2D eigenvalue weighted by molar-refractivity contribution is -0.0257. The SMILES string of the molecule is O=C(c1c[nH]c(=O)c(Cl)c1)N1CC[C@](O)(CN2CCOCC2)C1. The molecule has 0 radical (unpaired) electrons. The number of β-amino-alcohol motifs (C(OH)–C–C–N with tert-alkyl or cyclic N) is 1. The monoisotopic (exact) mass is 341 g/mol.